The highest BCUT2D eigenvalue weighted by Gasteiger charge is 2.67. The van der Waals surface area contributed by atoms with Crippen LogP contribution >= 0.6 is 0 Å². The van der Waals surface area contributed by atoms with Gasteiger partial charge in [-0.1, -0.05) is 60.5 Å². The van der Waals surface area contributed by atoms with Crippen molar-refractivity contribution in [3.63, 3.8) is 0 Å². The predicted molar refractivity (Wildman–Crippen MR) is 140 cm³/mol. The van der Waals surface area contributed by atoms with E-state index in [4.69, 9.17) is 4.74 Å². The maximum Gasteiger partial charge on any atom is 0.346 e. The Balaban J connectivity index is 1.52. The van der Waals surface area contributed by atoms with Crippen LogP contribution in [0.4, 0.5) is 0 Å². The fraction of sp³-hybridized carbons (Fsp3) is 0.871. The molecular formula is C31H50O4. The topological polar surface area (TPSA) is 63.6 Å². The molecule has 0 radical (unpaired) electrons. The second-order valence-electron chi connectivity index (χ2n) is 13.4. The third-order valence-corrected chi connectivity index (χ3v) is 11.5. The van der Waals surface area contributed by atoms with E-state index in [9.17, 15) is 14.7 Å². The second kappa shape index (κ2) is 9.62. The van der Waals surface area contributed by atoms with E-state index >= 15 is 0 Å². The molecule has 0 aromatic carbocycles. The molecule has 1 N–H and O–H groups in total. The molecule has 4 aliphatic carbocycles. The van der Waals surface area contributed by atoms with E-state index in [2.05, 4.69) is 47.6 Å². The molecule has 198 valence electrons. The van der Waals surface area contributed by atoms with Crippen molar-refractivity contribution in [1.29, 1.82) is 0 Å². The van der Waals surface area contributed by atoms with E-state index in [-0.39, 0.29) is 13.0 Å². The predicted octanol–water partition coefficient (Wildman–Crippen LogP) is 6.75. The number of fused-ring (bicyclic) bond motifs is 5. The minimum Gasteiger partial charge on any atom is -0.464 e. The van der Waals surface area contributed by atoms with Gasteiger partial charge in [-0.3, -0.25) is 4.79 Å². The summed E-state index contributed by atoms with van der Waals surface area (Å²) in [6.45, 7) is 16.2. The molecule has 35 heavy (non-hydrogen) atoms. The van der Waals surface area contributed by atoms with Crippen LogP contribution in [0.1, 0.15) is 106 Å². The molecule has 0 unspecified atom stereocenters. The molecule has 0 heterocycles. The summed E-state index contributed by atoms with van der Waals surface area (Å²) in [5, 5.41) is 11.2. The zero-order valence-corrected chi connectivity index (χ0v) is 23.4. The molecule has 0 saturated heterocycles. The highest BCUT2D eigenvalue weighted by molar-refractivity contribution is 6.18. The van der Waals surface area contributed by atoms with E-state index in [0.29, 0.717) is 28.7 Å². The zero-order chi connectivity index (χ0) is 25.8. The molecule has 0 aliphatic heterocycles. The lowest BCUT2D eigenvalue weighted by molar-refractivity contribution is -0.169. The van der Waals surface area contributed by atoms with Crippen LogP contribution in [0.15, 0.2) is 11.6 Å². The Bertz CT molecular complexity index is 860. The van der Waals surface area contributed by atoms with Crippen molar-refractivity contribution in [3.05, 3.63) is 11.6 Å². The van der Waals surface area contributed by atoms with Gasteiger partial charge in [-0.15, -0.1) is 0 Å². The first-order valence-electron chi connectivity index (χ1n) is 14.6. The molecule has 0 spiro atoms. The van der Waals surface area contributed by atoms with Crippen molar-refractivity contribution < 1.29 is 19.4 Å². The molecule has 3 saturated carbocycles. The van der Waals surface area contributed by atoms with Gasteiger partial charge in [0.2, 0.25) is 11.4 Å². The number of Topliss-reactive ketones (excluding diaryl/α,β-unsaturated/α-hetero) is 1. The smallest absolute Gasteiger partial charge is 0.346 e. The maximum absolute atomic E-state index is 13.3. The number of allylic oxidation sites excluding steroid dienone is 1. The molecular weight excluding hydrogens is 436 g/mol. The molecule has 0 aromatic heterocycles. The number of carbonyl (C=O) groups is 2. The van der Waals surface area contributed by atoms with Gasteiger partial charge in [0.1, 0.15) is 0 Å². The van der Waals surface area contributed by atoms with E-state index in [0.717, 1.165) is 36.5 Å². The van der Waals surface area contributed by atoms with E-state index < -0.39 is 22.8 Å². The average molecular weight is 487 g/mol. The number of ketones is 1. The molecule has 0 bridgehead atoms. The quantitative estimate of drug-likeness (QED) is 0.304. The molecule has 4 heteroatoms. The Kier molecular flexibility index (Phi) is 7.39. The summed E-state index contributed by atoms with van der Waals surface area (Å²) in [5.74, 6) is 3.52. The Morgan fingerprint density at radius 2 is 1.83 bits per heavy atom. The van der Waals surface area contributed by atoms with Crippen molar-refractivity contribution in [1.82, 2.24) is 0 Å². The Labute approximate surface area is 213 Å². The largest absolute Gasteiger partial charge is 0.464 e. The summed E-state index contributed by atoms with van der Waals surface area (Å²) in [5.41, 5.74) is -1.38. The van der Waals surface area contributed by atoms with Gasteiger partial charge in [-0.05, 0) is 92.3 Å². The van der Waals surface area contributed by atoms with Crippen LogP contribution in [0.25, 0.3) is 0 Å². The number of hydrogen-bond donors (Lipinski definition) is 1. The van der Waals surface area contributed by atoms with Crippen molar-refractivity contribution in [3.8, 4) is 0 Å². The van der Waals surface area contributed by atoms with E-state index in [1.807, 2.05) is 0 Å². The lowest BCUT2D eigenvalue weighted by atomic mass is 9.49. The van der Waals surface area contributed by atoms with Gasteiger partial charge < -0.3 is 9.84 Å². The van der Waals surface area contributed by atoms with Crippen molar-refractivity contribution in [2.45, 2.75) is 112 Å². The zero-order valence-electron chi connectivity index (χ0n) is 23.4. The number of aliphatic hydroxyl groups is 1. The standard InChI is InChI=1S/C31H50O4/c1-8-21(19(3)4)11-10-20(5)23-14-15-24-22-12-13-26-27(32)31(34,28(33)35-9-2)18-30(26,7)25(22)16-17-29(23,24)6/h13,19-25,34H,8-12,14-18H2,1-7H3/t20-,21-,22-,23+,24-,25-,29+,30+,31-/m0/s1. The van der Waals surface area contributed by atoms with Crippen LogP contribution in [0.3, 0.4) is 0 Å². The van der Waals surface area contributed by atoms with Crippen LogP contribution in [-0.2, 0) is 14.3 Å². The van der Waals surface area contributed by atoms with Gasteiger partial charge in [0, 0.05) is 17.4 Å². The molecule has 4 rings (SSSR count). The summed E-state index contributed by atoms with van der Waals surface area (Å²) >= 11 is 0. The second-order valence-corrected chi connectivity index (χ2v) is 13.4. The first-order valence-corrected chi connectivity index (χ1v) is 14.6. The van der Waals surface area contributed by atoms with Crippen LogP contribution < -0.4 is 0 Å². The molecule has 4 aliphatic rings. The molecule has 4 nitrogen and oxygen atoms in total. The minimum atomic E-state index is -2.01. The Morgan fingerprint density at radius 1 is 1.11 bits per heavy atom. The normalized spacial score (nSPS) is 42.2. The van der Waals surface area contributed by atoms with E-state index in [1.165, 1.54) is 38.5 Å². The summed E-state index contributed by atoms with van der Waals surface area (Å²) in [4.78, 5) is 25.9. The van der Waals surface area contributed by atoms with Crippen LogP contribution in [0, 0.1) is 52.3 Å². The number of ether oxygens (including phenoxy) is 1. The first kappa shape index (κ1) is 26.9. The summed E-state index contributed by atoms with van der Waals surface area (Å²) in [7, 11) is 0. The van der Waals surface area contributed by atoms with Crippen molar-refractivity contribution in [2.24, 2.45) is 52.3 Å². The third kappa shape index (κ3) is 4.14. The highest BCUT2D eigenvalue weighted by atomic mass is 16.5. The summed E-state index contributed by atoms with van der Waals surface area (Å²) in [6.07, 6.45) is 12.0. The maximum atomic E-state index is 13.3. The number of hydrogen-bond acceptors (Lipinski definition) is 4. The highest BCUT2D eigenvalue weighted by Crippen LogP contribution is 2.68. The molecule has 0 amide bonds. The summed E-state index contributed by atoms with van der Waals surface area (Å²) in [6, 6.07) is 0. The Morgan fingerprint density at radius 3 is 2.46 bits per heavy atom. The van der Waals surface area contributed by atoms with Gasteiger partial charge in [-0.2, -0.15) is 0 Å². The monoisotopic (exact) mass is 486 g/mol. The van der Waals surface area contributed by atoms with Gasteiger partial charge in [0.15, 0.2) is 0 Å². The van der Waals surface area contributed by atoms with E-state index in [1.54, 1.807) is 6.92 Å². The number of rotatable bonds is 8. The van der Waals surface area contributed by atoms with Gasteiger partial charge in [-0.25, -0.2) is 4.79 Å². The third-order valence-electron chi connectivity index (χ3n) is 11.5. The number of carbonyl (C=O) groups excluding carboxylic acids is 2. The van der Waals surface area contributed by atoms with Crippen molar-refractivity contribution >= 4 is 11.8 Å². The first-order chi connectivity index (χ1) is 16.4. The lowest BCUT2D eigenvalue weighted by Crippen LogP contribution is -2.49. The van der Waals surface area contributed by atoms with Gasteiger partial charge >= 0.3 is 5.97 Å². The van der Waals surface area contributed by atoms with Crippen LogP contribution in [-0.4, -0.2) is 29.1 Å². The minimum absolute atomic E-state index is 0.173. The average Bonchev–Trinajstić information content (AvgIpc) is 3.26. The van der Waals surface area contributed by atoms with Gasteiger partial charge in [0.05, 0.1) is 6.61 Å². The van der Waals surface area contributed by atoms with Crippen molar-refractivity contribution in [2.75, 3.05) is 6.61 Å². The summed E-state index contributed by atoms with van der Waals surface area (Å²) < 4.78 is 5.14. The van der Waals surface area contributed by atoms with Gasteiger partial charge in [0.25, 0.3) is 0 Å². The fourth-order valence-corrected chi connectivity index (χ4v) is 9.58. The fourth-order valence-electron chi connectivity index (χ4n) is 9.58. The Hall–Kier alpha value is -1.16. The SMILES string of the molecule is CCOC(=O)[C@]1(O)C[C@@]2(C)C(=CC[C@H]3[C@@H]4CC[C@H]([C@@H](C)CC[C@H](CC)C(C)C)[C@@]4(C)CC[C@@H]32)C1=O. The number of esters is 1. The molecule has 9 atom stereocenters. The molecule has 0 aromatic rings. The molecule has 3 fully saturated rings. The lowest BCUT2D eigenvalue weighted by Gasteiger charge is -2.55. The van der Waals surface area contributed by atoms with Crippen LogP contribution in [0.2, 0.25) is 0 Å². The van der Waals surface area contributed by atoms with Crippen LogP contribution in [0.5, 0.6) is 0 Å².